The van der Waals surface area contributed by atoms with E-state index < -0.39 is 0 Å². The molecular formula is C16H26ClNO. The van der Waals surface area contributed by atoms with Crippen molar-refractivity contribution in [2.45, 2.75) is 45.6 Å². The summed E-state index contributed by atoms with van der Waals surface area (Å²) in [5, 5.41) is 4.12. The lowest BCUT2D eigenvalue weighted by molar-refractivity contribution is 0.337. The molecule has 0 amide bonds. The van der Waals surface area contributed by atoms with E-state index >= 15 is 0 Å². The van der Waals surface area contributed by atoms with Crippen molar-refractivity contribution in [3.63, 3.8) is 0 Å². The third-order valence-corrected chi connectivity index (χ3v) is 4.08. The van der Waals surface area contributed by atoms with Gasteiger partial charge in [0.1, 0.15) is 5.75 Å². The van der Waals surface area contributed by atoms with E-state index in [4.69, 9.17) is 16.3 Å². The normalized spacial score (nSPS) is 14.2. The zero-order chi connectivity index (χ0) is 14.3. The quantitative estimate of drug-likeness (QED) is 0.738. The minimum atomic E-state index is 0.364. The number of hydrogen-bond acceptors (Lipinski definition) is 2. The van der Waals surface area contributed by atoms with Gasteiger partial charge < -0.3 is 10.1 Å². The minimum Gasteiger partial charge on any atom is -0.495 e. The Morgan fingerprint density at radius 3 is 2.58 bits per heavy atom. The van der Waals surface area contributed by atoms with Gasteiger partial charge in [-0.25, -0.2) is 0 Å². The molecule has 0 aliphatic heterocycles. The van der Waals surface area contributed by atoms with Gasteiger partial charge in [0.05, 0.1) is 12.1 Å². The zero-order valence-corrected chi connectivity index (χ0v) is 13.3. The third-order valence-electron chi connectivity index (χ3n) is 3.77. The second kappa shape index (κ2) is 8.44. The standard InChI is InChI=1S/C16H26ClNO/c1-5-7-8-12(6-2)16(18-3)13-9-10-14(17)15(11-13)19-4/h9-12,16,18H,5-8H2,1-4H3. The number of hydrogen-bond donors (Lipinski definition) is 1. The van der Waals surface area contributed by atoms with Crippen LogP contribution in [0.5, 0.6) is 5.75 Å². The fourth-order valence-electron chi connectivity index (χ4n) is 2.62. The van der Waals surface area contributed by atoms with Crippen LogP contribution in [0.2, 0.25) is 5.02 Å². The molecule has 0 saturated carbocycles. The Morgan fingerprint density at radius 2 is 2.05 bits per heavy atom. The SMILES string of the molecule is CCCCC(CC)C(NC)c1ccc(Cl)c(OC)c1. The number of unbranched alkanes of at least 4 members (excludes halogenated alkanes) is 1. The Balaban J connectivity index is 2.94. The summed E-state index contributed by atoms with van der Waals surface area (Å²) in [4.78, 5) is 0. The molecule has 2 nitrogen and oxygen atoms in total. The van der Waals surface area contributed by atoms with E-state index in [-0.39, 0.29) is 0 Å². The molecular weight excluding hydrogens is 258 g/mol. The summed E-state index contributed by atoms with van der Waals surface area (Å²) in [5.41, 5.74) is 1.26. The van der Waals surface area contributed by atoms with Crippen LogP contribution in [0.15, 0.2) is 18.2 Å². The number of rotatable bonds is 8. The first-order chi connectivity index (χ1) is 9.17. The summed E-state index contributed by atoms with van der Waals surface area (Å²) in [6.45, 7) is 4.50. The average Bonchev–Trinajstić information content (AvgIpc) is 2.44. The van der Waals surface area contributed by atoms with Crippen LogP contribution >= 0.6 is 11.6 Å². The monoisotopic (exact) mass is 283 g/mol. The largest absolute Gasteiger partial charge is 0.495 e. The van der Waals surface area contributed by atoms with Crippen LogP contribution in [0.3, 0.4) is 0 Å². The van der Waals surface area contributed by atoms with E-state index in [9.17, 15) is 0 Å². The van der Waals surface area contributed by atoms with Crippen molar-refractivity contribution in [1.29, 1.82) is 0 Å². The maximum absolute atomic E-state index is 6.10. The van der Waals surface area contributed by atoms with Gasteiger partial charge in [-0.05, 0) is 37.1 Å². The molecule has 1 aromatic rings. The summed E-state index contributed by atoms with van der Waals surface area (Å²) in [5.74, 6) is 1.40. The van der Waals surface area contributed by atoms with Crippen molar-refractivity contribution in [1.82, 2.24) is 5.32 Å². The molecule has 0 aliphatic carbocycles. The fraction of sp³-hybridized carbons (Fsp3) is 0.625. The number of benzene rings is 1. The van der Waals surface area contributed by atoms with Crippen molar-refractivity contribution in [3.05, 3.63) is 28.8 Å². The predicted octanol–water partition coefficient (Wildman–Crippen LogP) is 4.83. The summed E-state index contributed by atoms with van der Waals surface area (Å²) in [7, 11) is 3.69. The molecule has 1 rings (SSSR count). The van der Waals surface area contributed by atoms with Crippen molar-refractivity contribution < 1.29 is 4.74 Å². The first kappa shape index (κ1) is 16.3. The van der Waals surface area contributed by atoms with E-state index in [0.717, 1.165) is 5.75 Å². The second-order valence-corrected chi connectivity index (χ2v) is 5.38. The van der Waals surface area contributed by atoms with Gasteiger partial charge in [-0.2, -0.15) is 0 Å². The van der Waals surface area contributed by atoms with E-state index in [1.165, 1.54) is 31.2 Å². The van der Waals surface area contributed by atoms with Gasteiger partial charge in [-0.3, -0.25) is 0 Å². The Morgan fingerprint density at radius 1 is 1.32 bits per heavy atom. The lowest BCUT2D eigenvalue weighted by Gasteiger charge is -2.27. The van der Waals surface area contributed by atoms with Crippen LogP contribution in [0, 0.1) is 5.92 Å². The summed E-state index contributed by atoms with van der Waals surface area (Å²) in [6, 6.07) is 6.44. The molecule has 0 heterocycles. The highest BCUT2D eigenvalue weighted by Crippen LogP contribution is 2.33. The Bertz CT molecular complexity index is 381. The molecule has 0 saturated heterocycles. The van der Waals surface area contributed by atoms with Gasteiger partial charge in [0.15, 0.2) is 0 Å². The summed E-state index contributed by atoms with van der Waals surface area (Å²) >= 11 is 6.10. The Kier molecular flexibility index (Phi) is 7.25. The Hall–Kier alpha value is -0.730. The van der Waals surface area contributed by atoms with Crippen LogP contribution in [-0.4, -0.2) is 14.2 Å². The highest BCUT2D eigenvalue weighted by atomic mass is 35.5. The van der Waals surface area contributed by atoms with Gasteiger partial charge in [0, 0.05) is 6.04 Å². The number of ether oxygens (including phenoxy) is 1. The molecule has 1 N–H and O–H groups in total. The van der Waals surface area contributed by atoms with Crippen molar-refractivity contribution in [2.24, 2.45) is 5.92 Å². The van der Waals surface area contributed by atoms with Crippen LogP contribution in [0.1, 0.15) is 51.1 Å². The summed E-state index contributed by atoms with van der Waals surface area (Å²) < 4.78 is 5.32. The second-order valence-electron chi connectivity index (χ2n) is 4.97. The molecule has 0 radical (unpaired) electrons. The van der Waals surface area contributed by atoms with Crippen LogP contribution in [0.4, 0.5) is 0 Å². The molecule has 0 aliphatic rings. The topological polar surface area (TPSA) is 21.3 Å². The maximum atomic E-state index is 6.10. The van der Waals surface area contributed by atoms with Crippen molar-refractivity contribution in [2.75, 3.05) is 14.2 Å². The number of halogens is 1. The molecule has 108 valence electrons. The van der Waals surface area contributed by atoms with Gasteiger partial charge in [0.2, 0.25) is 0 Å². The van der Waals surface area contributed by atoms with Gasteiger partial charge in [-0.1, -0.05) is 50.8 Å². The maximum Gasteiger partial charge on any atom is 0.137 e. The first-order valence-corrected chi connectivity index (χ1v) is 7.56. The molecule has 3 heteroatoms. The average molecular weight is 284 g/mol. The third kappa shape index (κ3) is 4.39. The van der Waals surface area contributed by atoms with Crippen LogP contribution in [-0.2, 0) is 0 Å². The zero-order valence-electron chi connectivity index (χ0n) is 12.5. The molecule has 0 aromatic heterocycles. The van der Waals surface area contributed by atoms with Gasteiger partial charge in [0.25, 0.3) is 0 Å². The fourth-order valence-corrected chi connectivity index (χ4v) is 2.81. The molecule has 2 unspecified atom stereocenters. The van der Waals surface area contributed by atoms with Gasteiger partial charge in [-0.15, -0.1) is 0 Å². The van der Waals surface area contributed by atoms with E-state index in [1.54, 1.807) is 7.11 Å². The number of methoxy groups -OCH3 is 1. The number of nitrogens with one attached hydrogen (secondary N) is 1. The van der Waals surface area contributed by atoms with E-state index in [1.807, 2.05) is 13.1 Å². The minimum absolute atomic E-state index is 0.364. The molecule has 2 atom stereocenters. The van der Waals surface area contributed by atoms with Crippen LogP contribution < -0.4 is 10.1 Å². The lowest BCUT2D eigenvalue weighted by Crippen LogP contribution is -2.25. The van der Waals surface area contributed by atoms with E-state index in [2.05, 4.69) is 31.3 Å². The lowest BCUT2D eigenvalue weighted by atomic mass is 9.87. The van der Waals surface area contributed by atoms with E-state index in [0.29, 0.717) is 17.0 Å². The summed E-state index contributed by atoms with van der Waals surface area (Å²) in [6.07, 6.45) is 4.96. The predicted molar refractivity (Wildman–Crippen MR) is 83.1 cm³/mol. The smallest absolute Gasteiger partial charge is 0.137 e. The van der Waals surface area contributed by atoms with Crippen molar-refractivity contribution >= 4 is 11.6 Å². The highest BCUT2D eigenvalue weighted by molar-refractivity contribution is 6.32. The first-order valence-electron chi connectivity index (χ1n) is 7.18. The molecule has 1 aromatic carbocycles. The molecule has 19 heavy (non-hydrogen) atoms. The van der Waals surface area contributed by atoms with Crippen LogP contribution in [0.25, 0.3) is 0 Å². The molecule has 0 bridgehead atoms. The molecule has 0 spiro atoms. The van der Waals surface area contributed by atoms with Gasteiger partial charge >= 0.3 is 0 Å². The molecule has 0 fully saturated rings. The van der Waals surface area contributed by atoms with Crippen molar-refractivity contribution in [3.8, 4) is 5.75 Å². The Labute approximate surface area is 122 Å². The highest BCUT2D eigenvalue weighted by Gasteiger charge is 2.20.